The van der Waals surface area contributed by atoms with E-state index in [1.54, 1.807) is 10.9 Å². The Morgan fingerprint density at radius 1 is 1.50 bits per heavy atom. The van der Waals surface area contributed by atoms with Gasteiger partial charge in [0.25, 0.3) is 0 Å². The van der Waals surface area contributed by atoms with Gasteiger partial charge >= 0.3 is 0 Å². The Balaban J connectivity index is 2.20. The Morgan fingerprint density at radius 2 is 2.36 bits per heavy atom. The van der Waals surface area contributed by atoms with Gasteiger partial charge in [0.05, 0.1) is 11.8 Å². The molecular formula is C10H16N2O2. The molecule has 4 nitrogen and oxygen atoms in total. The van der Waals surface area contributed by atoms with E-state index in [1.165, 1.54) is 0 Å². The van der Waals surface area contributed by atoms with Gasteiger partial charge in [0.15, 0.2) is 0 Å². The van der Waals surface area contributed by atoms with Crippen LogP contribution in [-0.4, -0.2) is 28.1 Å². The molecule has 0 amide bonds. The number of ether oxygens (including phenoxy) is 1. The number of aromatic nitrogens is 2. The van der Waals surface area contributed by atoms with Crippen LogP contribution in [-0.2, 0) is 17.4 Å². The van der Waals surface area contributed by atoms with Gasteiger partial charge in [-0.2, -0.15) is 5.10 Å². The highest BCUT2D eigenvalue weighted by Gasteiger charge is 2.31. The third-order valence-corrected chi connectivity index (χ3v) is 2.78. The van der Waals surface area contributed by atoms with Crippen molar-refractivity contribution in [2.75, 3.05) is 13.2 Å². The van der Waals surface area contributed by atoms with Gasteiger partial charge in [0.1, 0.15) is 0 Å². The highest BCUT2D eigenvalue weighted by atomic mass is 16.5. The van der Waals surface area contributed by atoms with Crippen LogP contribution >= 0.6 is 0 Å². The molecule has 1 fully saturated rings. The number of hydrogen-bond donors (Lipinski definition) is 1. The predicted molar refractivity (Wildman–Crippen MR) is 51.8 cm³/mol. The number of aryl methyl sites for hydroxylation is 1. The summed E-state index contributed by atoms with van der Waals surface area (Å²) in [5.41, 5.74) is 0.176. The minimum absolute atomic E-state index is 0.630. The van der Waals surface area contributed by atoms with Crippen molar-refractivity contribution in [1.29, 1.82) is 0 Å². The Kier molecular flexibility index (Phi) is 2.56. The average molecular weight is 196 g/mol. The summed E-state index contributed by atoms with van der Waals surface area (Å²) in [7, 11) is 1.86. The van der Waals surface area contributed by atoms with Crippen LogP contribution < -0.4 is 0 Å². The lowest BCUT2D eigenvalue weighted by molar-refractivity contribution is 0.0143. The first kappa shape index (κ1) is 9.68. The predicted octanol–water partition coefficient (Wildman–Crippen LogP) is 0.808. The van der Waals surface area contributed by atoms with Gasteiger partial charge in [-0.1, -0.05) is 0 Å². The molecule has 78 valence electrons. The molecule has 2 heterocycles. The van der Waals surface area contributed by atoms with Gasteiger partial charge in [-0.3, -0.25) is 4.68 Å². The summed E-state index contributed by atoms with van der Waals surface area (Å²) < 4.78 is 7.05. The maximum absolute atomic E-state index is 10.4. The SMILES string of the molecule is Cn1cc(C2(O)CCCOCC2)cn1. The summed E-state index contributed by atoms with van der Waals surface area (Å²) in [6, 6.07) is 0. The number of nitrogens with zero attached hydrogens (tertiary/aromatic N) is 2. The zero-order valence-corrected chi connectivity index (χ0v) is 8.44. The topological polar surface area (TPSA) is 47.3 Å². The fourth-order valence-corrected chi connectivity index (χ4v) is 1.88. The van der Waals surface area contributed by atoms with Gasteiger partial charge in [0.2, 0.25) is 0 Å². The van der Waals surface area contributed by atoms with E-state index in [4.69, 9.17) is 4.74 Å². The van der Waals surface area contributed by atoms with Crippen LogP contribution in [0.15, 0.2) is 12.4 Å². The Labute approximate surface area is 83.5 Å². The first-order valence-corrected chi connectivity index (χ1v) is 5.00. The van der Waals surface area contributed by atoms with E-state index in [0.29, 0.717) is 13.0 Å². The summed E-state index contributed by atoms with van der Waals surface area (Å²) in [5, 5.41) is 14.5. The van der Waals surface area contributed by atoms with E-state index < -0.39 is 5.60 Å². The maximum atomic E-state index is 10.4. The average Bonchev–Trinajstić information content (AvgIpc) is 2.47. The van der Waals surface area contributed by atoms with Crippen molar-refractivity contribution < 1.29 is 9.84 Å². The maximum Gasteiger partial charge on any atom is 0.0949 e. The van der Waals surface area contributed by atoms with Crippen LogP contribution in [0.25, 0.3) is 0 Å². The van der Waals surface area contributed by atoms with Crippen LogP contribution in [0, 0.1) is 0 Å². The van der Waals surface area contributed by atoms with E-state index >= 15 is 0 Å². The van der Waals surface area contributed by atoms with E-state index in [-0.39, 0.29) is 0 Å². The lowest BCUT2D eigenvalue weighted by atomic mass is 9.89. The van der Waals surface area contributed by atoms with Crippen LogP contribution in [0.5, 0.6) is 0 Å². The first-order chi connectivity index (χ1) is 6.71. The smallest absolute Gasteiger partial charge is 0.0949 e. The molecule has 1 unspecified atom stereocenters. The van der Waals surface area contributed by atoms with Gasteiger partial charge in [-0.25, -0.2) is 0 Å². The highest BCUT2D eigenvalue weighted by molar-refractivity contribution is 5.15. The zero-order valence-electron chi connectivity index (χ0n) is 8.44. The molecule has 0 aromatic carbocycles. The fraction of sp³-hybridized carbons (Fsp3) is 0.700. The third-order valence-electron chi connectivity index (χ3n) is 2.78. The lowest BCUT2D eigenvalue weighted by Gasteiger charge is -2.24. The zero-order chi connectivity index (χ0) is 10.0. The summed E-state index contributed by atoms with van der Waals surface area (Å²) >= 11 is 0. The van der Waals surface area contributed by atoms with Crippen molar-refractivity contribution in [1.82, 2.24) is 9.78 Å². The van der Waals surface area contributed by atoms with Crippen molar-refractivity contribution in [2.24, 2.45) is 7.05 Å². The quantitative estimate of drug-likeness (QED) is 0.723. The normalized spacial score (nSPS) is 28.7. The van der Waals surface area contributed by atoms with E-state index in [2.05, 4.69) is 5.10 Å². The van der Waals surface area contributed by atoms with Crippen LogP contribution in [0.1, 0.15) is 24.8 Å². The van der Waals surface area contributed by atoms with E-state index in [1.807, 2.05) is 13.2 Å². The number of hydrogen-bond acceptors (Lipinski definition) is 3. The van der Waals surface area contributed by atoms with Crippen molar-refractivity contribution in [3.05, 3.63) is 18.0 Å². The molecular weight excluding hydrogens is 180 g/mol. The number of aliphatic hydroxyl groups is 1. The molecule has 1 aliphatic heterocycles. The Bertz CT molecular complexity index is 301. The van der Waals surface area contributed by atoms with Crippen molar-refractivity contribution in [3.8, 4) is 0 Å². The third kappa shape index (κ3) is 1.81. The number of rotatable bonds is 1. The van der Waals surface area contributed by atoms with Gasteiger partial charge in [0, 0.05) is 38.4 Å². The van der Waals surface area contributed by atoms with Crippen molar-refractivity contribution >= 4 is 0 Å². The van der Waals surface area contributed by atoms with Gasteiger partial charge in [-0.15, -0.1) is 0 Å². The largest absolute Gasteiger partial charge is 0.385 e. The van der Waals surface area contributed by atoms with Crippen LogP contribution in [0.3, 0.4) is 0 Å². The molecule has 1 N–H and O–H groups in total. The molecule has 0 spiro atoms. The molecule has 1 aliphatic rings. The molecule has 0 radical (unpaired) electrons. The Morgan fingerprint density at radius 3 is 3.07 bits per heavy atom. The minimum atomic E-state index is -0.731. The molecule has 1 atom stereocenters. The summed E-state index contributed by atoms with van der Waals surface area (Å²) in [6.45, 7) is 1.38. The molecule has 1 saturated heterocycles. The van der Waals surface area contributed by atoms with Crippen molar-refractivity contribution in [3.63, 3.8) is 0 Å². The first-order valence-electron chi connectivity index (χ1n) is 5.00. The molecule has 0 aliphatic carbocycles. The molecule has 1 aromatic heterocycles. The van der Waals surface area contributed by atoms with E-state index in [0.717, 1.165) is 25.0 Å². The molecule has 1 aromatic rings. The van der Waals surface area contributed by atoms with Gasteiger partial charge < -0.3 is 9.84 Å². The van der Waals surface area contributed by atoms with Gasteiger partial charge in [-0.05, 0) is 12.8 Å². The standard InChI is InChI=1S/C10H16N2O2/c1-12-8-9(7-11-12)10(13)3-2-5-14-6-4-10/h7-8,13H,2-6H2,1H3. The lowest BCUT2D eigenvalue weighted by Crippen LogP contribution is -2.25. The second-order valence-corrected chi connectivity index (χ2v) is 3.90. The van der Waals surface area contributed by atoms with E-state index in [9.17, 15) is 5.11 Å². The van der Waals surface area contributed by atoms with Crippen molar-refractivity contribution in [2.45, 2.75) is 24.9 Å². The molecule has 14 heavy (non-hydrogen) atoms. The second kappa shape index (κ2) is 3.71. The second-order valence-electron chi connectivity index (χ2n) is 3.90. The summed E-state index contributed by atoms with van der Waals surface area (Å²) in [4.78, 5) is 0. The molecule has 0 bridgehead atoms. The summed E-state index contributed by atoms with van der Waals surface area (Å²) in [6.07, 6.45) is 5.96. The monoisotopic (exact) mass is 196 g/mol. The highest BCUT2D eigenvalue weighted by Crippen LogP contribution is 2.31. The van der Waals surface area contributed by atoms with Crippen LogP contribution in [0.2, 0.25) is 0 Å². The summed E-state index contributed by atoms with van der Waals surface area (Å²) in [5.74, 6) is 0. The molecule has 0 saturated carbocycles. The molecule has 2 rings (SSSR count). The minimum Gasteiger partial charge on any atom is -0.385 e. The molecule has 4 heteroatoms. The van der Waals surface area contributed by atoms with Crippen LogP contribution in [0.4, 0.5) is 0 Å². The fourth-order valence-electron chi connectivity index (χ4n) is 1.88. The Hall–Kier alpha value is -0.870.